The minimum absolute atomic E-state index is 0.206. The maximum Gasteiger partial charge on any atom is 0.355 e. The van der Waals surface area contributed by atoms with E-state index in [0.717, 1.165) is 19.3 Å². The molecule has 0 unspecified atom stereocenters. The summed E-state index contributed by atoms with van der Waals surface area (Å²) < 4.78 is 33.1. The van der Waals surface area contributed by atoms with Crippen molar-refractivity contribution in [2.24, 2.45) is 5.92 Å². The van der Waals surface area contributed by atoms with Crippen molar-refractivity contribution in [2.45, 2.75) is 44.9 Å². The first-order valence-corrected chi connectivity index (χ1v) is 11.2. The molecule has 1 aromatic carbocycles. The molecule has 0 saturated carbocycles. The summed E-state index contributed by atoms with van der Waals surface area (Å²) in [5, 5.41) is 0. The third kappa shape index (κ3) is 4.15. The van der Waals surface area contributed by atoms with E-state index in [1.54, 1.807) is 25.1 Å². The summed E-state index contributed by atoms with van der Waals surface area (Å²) in [5.74, 6) is -0.0384. The number of aromatic amines is 1. The lowest BCUT2D eigenvalue weighted by molar-refractivity contribution is 0.0519. The van der Waals surface area contributed by atoms with Crippen LogP contribution in [0.1, 0.15) is 47.1 Å². The van der Waals surface area contributed by atoms with Gasteiger partial charge in [0, 0.05) is 24.3 Å². The van der Waals surface area contributed by atoms with E-state index < -0.39 is 16.0 Å². The van der Waals surface area contributed by atoms with E-state index in [9.17, 15) is 13.2 Å². The Morgan fingerprint density at radius 2 is 1.82 bits per heavy atom. The second-order valence-electron chi connectivity index (χ2n) is 7.34. The first kappa shape index (κ1) is 20.6. The van der Waals surface area contributed by atoms with Gasteiger partial charge in [0.15, 0.2) is 0 Å². The predicted molar refractivity (Wildman–Crippen MR) is 108 cm³/mol. The number of benzene rings is 1. The van der Waals surface area contributed by atoms with E-state index in [2.05, 4.69) is 17.1 Å². The number of esters is 1. The molecule has 1 aliphatic rings. The quantitative estimate of drug-likeness (QED) is 0.748. The lowest BCUT2D eigenvalue weighted by Crippen LogP contribution is -2.39. The molecule has 1 aliphatic heterocycles. The van der Waals surface area contributed by atoms with Gasteiger partial charge in [0.05, 0.1) is 6.61 Å². The van der Waals surface area contributed by atoms with Crippen LogP contribution in [0.3, 0.4) is 0 Å². The standard InChI is InChI=1S/C21H28N2O4S/c1-4-27-21(24)19-15(2)20(16(3)22-19)28(25,26)23-12-10-18(11-13-23)14-17-8-6-5-7-9-17/h5-9,18,22H,4,10-14H2,1-3H3. The normalized spacial score (nSPS) is 16.2. The first-order valence-electron chi connectivity index (χ1n) is 9.75. The Labute approximate surface area is 167 Å². The zero-order valence-corrected chi connectivity index (χ0v) is 17.5. The van der Waals surface area contributed by atoms with Crippen molar-refractivity contribution in [2.75, 3.05) is 19.7 Å². The second kappa shape index (κ2) is 8.49. The van der Waals surface area contributed by atoms with Crippen LogP contribution in [0.2, 0.25) is 0 Å². The molecule has 6 nitrogen and oxygen atoms in total. The van der Waals surface area contributed by atoms with Crippen LogP contribution in [0, 0.1) is 19.8 Å². The molecule has 1 aromatic heterocycles. The number of H-pyrrole nitrogens is 1. The fourth-order valence-electron chi connectivity index (χ4n) is 3.96. The van der Waals surface area contributed by atoms with Gasteiger partial charge in [0.1, 0.15) is 10.6 Å². The van der Waals surface area contributed by atoms with E-state index in [1.165, 1.54) is 5.56 Å². The Balaban J connectivity index is 1.73. The van der Waals surface area contributed by atoms with Crippen molar-refractivity contribution in [3.63, 3.8) is 0 Å². The van der Waals surface area contributed by atoms with Crippen LogP contribution in [-0.2, 0) is 21.2 Å². The van der Waals surface area contributed by atoms with Crippen molar-refractivity contribution in [3.05, 3.63) is 52.8 Å². The summed E-state index contributed by atoms with van der Waals surface area (Å²) in [6, 6.07) is 10.3. The molecule has 2 aromatic rings. The van der Waals surface area contributed by atoms with E-state index >= 15 is 0 Å². The predicted octanol–water partition coefficient (Wildman–Crippen LogP) is 3.45. The molecule has 1 fully saturated rings. The zero-order chi connectivity index (χ0) is 20.3. The minimum atomic E-state index is -3.65. The van der Waals surface area contributed by atoms with Gasteiger partial charge in [0.2, 0.25) is 10.0 Å². The SMILES string of the molecule is CCOC(=O)c1[nH]c(C)c(S(=O)(=O)N2CCC(Cc3ccccc3)CC2)c1C. The van der Waals surface area contributed by atoms with Crippen LogP contribution in [0.25, 0.3) is 0 Å². The highest BCUT2D eigenvalue weighted by molar-refractivity contribution is 7.89. The highest BCUT2D eigenvalue weighted by atomic mass is 32.2. The van der Waals surface area contributed by atoms with Crippen LogP contribution in [0.15, 0.2) is 35.2 Å². The molecule has 0 radical (unpaired) electrons. The van der Waals surface area contributed by atoms with E-state index in [-0.39, 0.29) is 17.2 Å². The molecule has 1 saturated heterocycles. The summed E-state index contributed by atoms with van der Waals surface area (Å²) in [7, 11) is -3.65. The molecular weight excluding hydrogens is 376 g/mol. The zero-order valence-electron chi connectivity index (χ0n) is 16.7. The lowest BCUT2D eigenvalue weighted by atomic mass is 9.91. The second-order valence-corrected chi connectivity index (χ2v) is 9.21. The molecule has 3 rings (SSSR count). The van der Waals surface area contributed by atoms with E-state index in [4.69, 9.17) is 4.74 Å². The van der Waals surface area contributed by atoms with Crippen LogP contribution < -0.4 is 0 Å². The van der Waals surface area contributed by atoms with Crippen LogP contribution in [0.4, 0.5) is 0 Å². The van der Waals surface area contributed by atoms with Gasteiger partial charge < -0.3 is 9.72 Å². The number of ether oxygens (including phenoxy) is 1. The number of carbonyl (C=O) groups excluding carboxylic acids is 1. The highest BCUT2D eigenvalue weighted by Gasteiger charge is 2.34. The topological polar surface area (TPSA) is 79.5 Å². The lowest BCUT2D eigenvalue weighted by Gasteiger charge is -2.31. The van der Waals surface area contributed by atoms with Crippen molar-refractivity contribution in [3.8, 4) is 0 Å². The molecule has 0 bridgehead atoms. The van der Waals surface area contributed by atoms with Gasteiger partial charge in [-0.15, -0.1) is 0 Å². The van der Waals surface area contributed by atoms with E-state index in [0.29, 0.717) is 30.3 Å². The number of hydrogen-bond donors (Lipinski definition) is 1. The number of carbonyl (C=O) groups is 1. The number of nitrogens with one attached hydrogen (secondary N) is 1. The average molecular weight is 405 g/mol. The van der Waals surface area contributed by atoms with Crippen molar-refractivity contribution < 1.29 is 17.9 Å². The third-order valence-electron chi connectivity index (χ3n) is 5.39. The number of hydrogen-bond acceptors (Lipinski definition) is 4. The molecule has 0 amide bonds. The maximum absolute atomic E-state index is 13.2. The molecule has 0 atom stereocenters. The molecule has 152 valence electrons. The smallest absolute Gasteiger partial charge is 0.355 e. The Morgan fingerprint density at radius 3 is 2.43 bits per heavy atom. The molecule has 28 heavy (non-hydrogen) atoms. The summed E-state index contributed by atoms with van der Waals surface area (Å²) in [5.41, 5.74) is 2.42. The monoisotopic (exact) mass is 404 g/mol. The fourth-order valence-corrected chi connectivity index (χ4v) is 5.83. The third-order valence-corrected chi connectivity index (χ3v) is 7.56. The van der Waals surface area contributed by atoms with Gasteiger partial charge in [-0.3, -0.25) is 0 Å². The molecule has 1 N–H and O–H groups in total. The summed E-state index contributed by atoms with van der Waals surface area (Å²) in [6.07, 6.45) is 2.65. The Bertz CT molecular complexity index is 927. The van der Waals surface area contributed by atoms with Crippen LogP contribution in [0.5, 0.6) is 0 Å². The van der Waals surface area contributed by atoms with Gasteiger partial charge >= 0.3 is 5.97 Å². The summed E-state index contributed by atoms with van der Waals surface area (Å²) in [6.45, 7) is 6.31. The van der Waals surface area contributed by atoms with E-state index in [1.807, 2.05) is 18.2 Å². The van der Waals surface area contributed by atoms with Gasteiger partial charge in [-0.05, 0) is 51.5 Å². The van der Waals surface area contributed by atoms with Crippen molar-refractivity contribution >= 4 is 16.0 Å². The van der Waals surface area contributed by atoms with Crippen molar-refractivity contribution in [1.29, 1.82) is 0 Å². The Morgan fingerprint density at radius 1 is 1.18 bits per heavy atom. The number of aryl methyl sites for hydroxylation is 1. The number of aromatic nitrogens is 1. The Hall–Kier alpha value is -2.12. The fraction of sp³-hybridized carbons (Fsp3) is 0.476. The summed E-state index contributed by atoms with van der Waals surface area (Å²) >= 11 is 0. The molecule has 7 heteroatoms. The van der Waals surface area contributed by atoms with Gasteiger partial charge in [-0.25, -0.2) is 13.2 Å². The number of sulfonamides is 1. The average Bonchev–Trinajstić information content (AvgIpc) is 2.98. The largest absolute Gasteiger partial charge is 0.461 e. The molecule has 0 spiro atoms. The molecule has 2 heterocycles. The first-order chi connectivity index (χ1) is 13.3. The maximum atomic E-state index is 13.2. The van der Waals surface area contributed by atoms with Gasteiger partial charge in [0.25, 0.3) is 0 Å². The number of piperidine rings is 1. The molecule has 0 aliphatic carbocycles. The van der Waals surface area contributed by atoms with Gasteiger partial charge in [-0.1, -0.05) is 30.3 Å². The van der Waals surface area contributed by atoms with Crippen molar-refractivity contribution in [1.82, 2.24) is 9.29 Å². The summed E-state index contributed by atoms with van der Waals surface area (Å²) in [4.78, 5) is 15.2. The Kier molecular flexibility index (Phi) is 6.25. The number of nitrogens with zero attached hydrogens (tertiary/aromatic N) is 1. The van der Waals surface area contributed by atoms with Crippen LogP contribution >= 0.6 is 0 Å². The minimum Gasteiger partial charge on any atom is -0.461 e. The van der Waals surface area contributed by atoms with Gasteiger partial charge in [-0.2, -0.15) is 4.31 Å². The number of rotatable bonds is 6. The highest BCUT2D eigenvalue weighted by Crippen LogP contribution is 2.30. The molecular formula is C21H28N2O4S. The van der Waals surface area contributed by atoms with Crippen LogP contribution in [-0.4, -0.2) is 43.4 Å².